The van der Waals surface area contributed by atoms with E-state index in [9.17, 15) is 19.2 Å². The molecule has 8 heteroatoms. The summed E-state index contributed by atoms with van der Waals surface area (Å²) in [7, 11) is 0. The first kappa shape index (κ1) is 21.5. The number of benzene rings is 2. The van der Waals surface area contributed by atoms with Gasteiger partial charge in [-0.1, -0.05) is 29.8 Å². The Hall–Kier alpha value is -3.76. The maximum Gasteiger partial charge on any atom is 0.256 e. The molecule has 3 aromatic rings. The van der Waals surface area contributed by atoms with Crippen molar-refractivity contribution in [1.29, 1.82) is 5.26 Å². The van der Waals surface area contributed by atoms with Crippen LogP contribution in [-0.2, 0) is 11.2 Å². The monoisotopic (exact) mass is 448 g/mol. The zero-order valence-electron chi connectivity index (χ0n) is 16.8. The van der Waals surface area contributed by atoms with Crippen LogP contribution < -0.4 is 5.73 Å². The first-order valence-corrected chi connectivity index (χ1v) is 10.3. The molecule has 0 fully saturated rings. The SMILES string of the molecule is N#Cc1ccccc1C(=O)N(C(C(N)=O)c1cccnc1)[C@@H]1CCc2c(F)cc(Cl)cc21. The fraction of sp³-hybridized carbons (Fsp3) is 0.167. The molecule has 2 aromatic carbocycles. The zero-order valence-corrected chi connectivity index (χ0v) is 17.6. The molecule has 1 heterocycles. The van der Waals surface area contributed by atoms with Crippen molar-refractivity contribution in [3.63, 3.8) is 0 Å². The Labute approximate surface area is 189 Å². The first-order chi connectivity index (χ1) is 15.4. The van der Waals surface area contributed by atoms with Crippen molar-refractivity contribution in [1.82, 2.24) is 9.88 Å². The number of hydrogen-bond acceptors (Lipinski definition) is 4. The minimum Gasteiger partial charge on any atom is -0.368 e. The fourth-order valence-corrected chi connectivity index (χ4v) is 4.47. The second kappa shape index (κ2) is 8.77. The highest BCUT2D eigenvalue weighted by atomic mass is 35.5. The molecule has 2 N–H and O–H groups in total. The maximum atomic E-state index is 14.6. The fourth-order valence-electron chi connectivity index (χ4n) is 4.25. The lowest BCUT2D eigenvalue weighted by Gasteiger charge is -2.36. The van der Waals surface area contributed by atoms with Crippen molar-refractivity contribution in [2.24, 2.45) is 5.73 Å². The van der Waals surface area contributed by atoms with Crippen molar-refractivity contribution < 1.29 is 14.0 Å². The molecule has 1 aliphatic rings. The Balaban J connectivity index is 1.92. The van der Waals surface area contributed by atoms with Crippen molar-refractivity contribution in [2.75, 3.05) is 0 Å². The van der Waals surface area contributed by atoms with Crippen LogP contribution in [0.5, 0.6) is 0 Å². The van der Waals surface area contributed by atoms with Crippen LogP contribution in [0.2, 0.25) is 5.02 Å². The topological polar surface area (TPSA) is 100 Å². The van der Waals surface area contributed by atoms with Gasteiger partial charge in [0.25, 0.3) is 5.91 Å². The van der Waals surface area contributed by atoms with Gasteiger partial charge in [0.1, 0.15) is 11.9 Å². The van der Waals surface area contributed by atoms with Crippen molar-refractivity contribution in [3.05, 3.63) is 99.6 Å². The Morgan fingerprint density at radius 1 is 1.25 bits per heavy atom. The Kier molecular flexibility index (Phi) is 5.89. The van der Waals surface area contributed by atoms with E-state index in [1.54, 1.807) is 36.5 Å². The van der Waals surface area contributed by atoms with Gasteiger partial charge in [-0.2, -0.15) is 5.26 Å². The van der Waals surface area contributed by atoms with Gasteiger partial charge in [0, 0.05) is 23.0 Å². The zero-order chi connectivity index (χ0) is 22.8. The van der Waals surface area contributed by atoms with E-state index in [0.717, 1.165) is 0 Å². The summed E-state index contributed by atoms with van der Waals surface area (Å²) in [4.78, 5) is 31.9. The minimum atomic E-state index is -1.18. The summed E-state index contributed by atoms with van der Waals surface area (Å²) in [6.45, 7) is 0. The van der Waals surface area contributed by atoms with E-state index < -0.39 is 29.7 Å². The summed E-state index contributed by atoms with van der Waals surface area (Å²) in [6, 6.07) is 12.6. The van der Waals surface area contributed by atoms with Crippen LogP contribution in [0.25, 0.3) is 0 Å². The van der Waals surface area contributed by atoms with E-state index in [0.29, 0.717) is 29.5 Å². The molecule has 0 bridgehead atoms. The number of carbonyl (C=O) groups is 2. The number of halogens is 2. The van der Waals surface area contributed by atoms with Gasteiger partial charge in [-0.05, 0) is 54.3 Å². The van der Waals surface area contributed by atoms with Gasteiger partial charge in [0.2, 0.25) is 5.91 Å². The summed E-state index contributed by atoms with van der Waals surface area (Å²) < 4.78 is 14.6. The maximum absolute atomic E-state index is 14.6. The number of nitrogens with zero attached hydrogens (tertiary/aromatic N) is 3. The number of nitriles is 1. The van der Waals surface area contributed by atoms with Crippen LogP contribution in [0.4, 0.5) is 4.39 Å². The standard InChI is InChI=1S/C24H18ClFN4O2/c25-16-10-19-18(20(26)11-16)7-8-21(19)30(22(23(28)31)15-5-3-9-29-13-15)24(32)17-6-2-1-4-14(17)12-27/h1-6,9-11,13,21-22H,7-8H2,(H2,28,31)/t21-,22?/m1/s1. The molecule has 1 aliphatic carbocycles. The largest absolute Gasteiger partial charge is 0.368 e. The first-order valence-electron chi connectivity index (χ1n) is 9.91. The number of fused-ring (bicyclic) bond motifs is 1. The molecule has 6 nitrogen and oxygen atoms in total. The molecule has 4 rings (SSSR count). The number of amides is 2. The van der Waals surface area contributed by atoms with Gasteiger partial charge in [-0.15, -0.1) is 0 Å². The van der Waals surface area contributed by atoms with E-state index in [1.165, 1.54) is 29.3 Å². The van der Waals surface area contributed by atoms with E-state index in [2.05, 4.69) is 4.98 Å². The number of aromatic nitrogens is 1. The molecule has 32 heavy (non-hydrogen) atoms. The van der Waals surface area contributed by atoms with E-state index in [-0.39, 0.29) is 16.1 Å². The number of hydrogen-bond donors (Lipinski definition) is 1. The van der Waals surface area contributed by atoms with E-state index >= 15 is 0 Å². The number of pyridine rings is 1. The Bertz CT molecular complexity index is 1240. The lowest BCUT2D eigenvalue weighted by Crippen LogP contribution is -2.43. The molecule has 0 spiro atoms. The highest BCUT2D eigenvalue weighted by Crippen LogP contribution is 2.43. The average Bonchev–Trinajstić information content (AvgIpc) is 3.20. The van der Waals surface area contributed by atoms with Gasteiger partial charge < -0.3 is 10.6 Å². The van der Waals surface area contributed by atoms with Gasteiger partial charge in [-0.25, -0.2) is 4.39 Å². The quantitative estimate of drug-likeness (QED) is 0.634. The van der Waals surface area contributed by atoms with Gasteiger partial charge in [0.05, 0.1) is 23.2 Å². The van der Waals surface area contributed by atoms with Gasteiger partial charge in [0.15, 0.2) is 0 Å². The van der Waals surface area contributed by atoms with Crippen LogP contribution in [0.1, 0.15) is 51.1 Å². The molecule has 2 atom stereocenters. The van der Waals surface area contributed by atoms with Crippen LogP contribution in [0, 0.1) is 17.1 Å². The third-order valence-electron chi connectivity index (χ3n) is 5.62. The molecule has 0 saturated carbocycles. The van der Waals surface area contributed by atoms with Crippen LogP contribution in [-0.4, -0.2) is 21.7 Å². The lowest BCUT2D eigenvalue weighted by molar-refractivity contribution is -0.123. The summed E-state index contributed by atoms with van der Waals surface area (Å²) in [5.74, 6) is -1.79. The second-order valence-electron chi connectivity index (χ2n) is 7.47. The third-order valence-corrected chi connectivity index (χ3v) is 5.84. The normalized spacial score (nSPS) is 15.5. The molecular weight excluding hydrogens is 431 g/mol. The number of nitrogens with two attached hydrogens (primary N) is 1. The molecule has 2 amide bonds. The molecule has 1 unspecified atom stereocenters. The molecule has 0 radical (unpaired) electrons. The minimum absolute atomic E-state index is 0.126. The summed E-state index contributed by atoms with van der Waals surface area (Å²) >= 11 is 6.11. The Morgan fingerprint density at radius 3 is 2.72 bits per heavy atom. The number of primary amides is 1. The predicted octanol–water partition coefficient (Wildman–Crippen LogP) is 4.10. The molecule has 1 aromatic heterocycles. The highest BCUT2D eigenvalue weighted by Gasteiger charge is 2.41. The molecule has 160 valence electrons. The van der Waals surface area contributed by atoms with Crippen molar-refractivity contribution in [2.45, 2.75) is 24.9 Å². The average molecular weight is 449 g/mol. The Morgan fingerprint density at radius 2 is 2.03 bits per heavy atom. The number of rotatable bonds is 5. The predicted molar refractivity (Wildman–Crippen MR) is 116 cm³/mol. The highest BCUT2D eigenvalue weighted by molar-refractivity contribution is 6.30. The van der Waals surface area contributed by atoms with Crippen LogP contribution in [0.15, 0.2) is 60.9 Å². The smallest absolute Gasteiger partial charge is 0.256 e. The molecule has 0 aliphatic heterocycles. The summed E-state index contributed by atoms with van der Waals surface area (Å²) in [5.41, 5.74) is 7.44. The lowest BCUT2D eigenvalue weighted by atomic mass is 9.97. The third kappa shape index (κ3) is 3.81. The molecule has 0 saturated heterocycles. The summed E-state index contributed by atoms with van der Waals surface area (Å²) in [6.07, 6.45) is 3.74. The molecular formula is C24H18ClFN4O2. The van der Waals surface area contributed by atoms with E-state index in [4.69, 9.17) is 17.3 Å². The van der Waals surface area contributed by atoms with Gasteiger partial charge >= 0.3 is 0 Å². The van der Waals surface area contributed by atoms with Crippen LogP contribution in [0.3, 0.4) is 0 Å². The van der Waals surface area contributed by atoms with E-state index in [1.807, 2.05) is 6.07 Å². The van der Waals surface area contributed by atoms with Crippen molar-refractivity contribution >= 4 is 23.4 Å². The van der Waals surface area contributed by atoms with Crippen LogP contribution >= 0.6 is 11.6 Å². The number of carbonyl (C=O) groups excluding carboxylic acids is 2. The second-order valence-corrected chi connectivity index (χ2v) is 7.91. The van der Waals surface area contributed by atoms with Gasteiger partial charge in [-0.3, -0.25) is 14.6 Å². The van der Waals surface area contributed by atoms with Crippen molar-refractivity contribution in [3.8, 4) is 6.07 Å². The summed E-state index contributed by atoms with van der Waals surface area (Å²) in [5, 5.41) is 9.71.